The molecule has 22 atom stereocenters. The summed E-state index contributed by atoms with van der Waals surface area (Å²) in [5.74, 6) is -1.12. The Kier molecular flexibility index (Phi) is 13.5. The van der Waals surface area contributed by atoms with Crippen LogP contribution >= 0.6 is 0 Å². The van der Waals surface area contributed by atoms with Gasteiger partial charge in [0, 0.05) is 5.41 Å². The molecule has 7 rings (SSSR count). The number of ether oxygens (including phenoxy) is 5. The minimum atomic E-state index is -1.89. The Bertz CT molecular complexity index is 1620. The molecule has 1 amide bonds. The Morgan fingerprint density at radius 2 is 1.26 bits per heavy atom. The fourth-order valence-corrected chi connectivity index (χ4v) is 13.2. The lowest BCUT2D eigenvalue weighted by Crippen LogP contribution is -2.67. The third kappa shape index (κ3) is 7.90. The van der Waals surface area contributed by atoms with E-state index in [0.29, 0.717) is 25.7 Å². The number of hydrogen-bond donors (Lipinski definition) is 12. The van der Waals surface area contributed by atoms with E-state index < -0.39 is 135 Å². The quantitative estimate of drug-likeness (QED) is 0.0926. The van der Waals surface area contributed by atoms with Crippen molar-refractivity contribution in [2.45, 2.75) is 183 Å². The Balaban J connectivity index is 1.19. The van der Waals surface area contributed by atoms with Gasteiger partial charge in [-0.15, -0.1) is 0 Å². The number of allylic oxidation sites excluding steroid dienone is 1. The van der Waals surface area contributed by atoms with Crippen LogP contribution in [-0.2, 0) is 33.3 Å². The zero-order valence-corrected chi connectivity index (χ0v) is 35.1. The molecule has 4 aliphatic carbocycles. The van der Waals surface area contributed by atoms with Gasteiger partial charge in [0.05, 0.1) is 25.9 Å². The van der Waals surface area contributed by atoms with Gasteiger partial charge in [-0.2, -0.15) is 0 Å². The predicted molar refractivity (Wildman–Crippen MR) is 208 cm³/mol. The van der Waals surface area contributed by atoms with Gasteiger partial charge in [0.1, 0.15) is 79.3 Å². The van der Waals surface area contributed by atoms with Gasteiger partial charge >= 0.3 is 5.97 Å². The number of carbonyl (C=O) groups is 2. The van der Waals surface area contributed by atoms with Crippen LogP contribution < -0.4 is 5.32 Å². The molecule has 0 radical (unpaired) electrons. The highest BCUT2D eigenvalue weighted by Crippen LogP contribution is 2.75. The third-order valence-corrected chi connectivity index (χ3v) is 16.4. The molecule has 348 valence electrons. The number of nitrogens with one attached hydrogen (secondary N) is 1. The van der Waals surface area contributed by atoms with Crippen molar-refractivity contribution in [2.75, 3.05) is 19.8 Å². The molecule has 12 N–H and O–H groups in total. The Morgan fingerprint density at radius 3 is 1.82 bits per heavy atom. The number of aliphatic carboxylic acids is 1. The topological polar surface area (TPSA) is 315 Å². The summed E-state index contributed by atoms with van der Waals surface area (Å²) < 4.78 is 30.4. The average Bonchev–Trinajstić information content (AvgIpc) is 3.42. The lowest BCUT2D eigenvalue weighted by molar-refractivity contribution is -0.372. The van der Waals surface area contributed by atoms with E-state index in [1.807, 2.05) is 6.92 Å². The molecule has 7 fully saturated rings. The van der Waals surface area contributed by atoms with Gasteiger partial charge in [-0.3, -0.25) is 9.59 Å². The maximum Gasteiger partial charge on any atom is 0.325 e. The van der Waals surface area contributed by atoms with Gasteiger partial charge in [0.25, 0.3) is 0 Å². The van der Waals surface area contributed by atoms with E-state index in [2.05, 4.69) is 18.8 Å². The largest absolute Gasteiger partial charge is 0.480 e. The SMILES string of the molecule is C=C1C[C@@]23CC[C@H]4[C@@](C)(CCC[C@@]4(C)C(=O)N[C@@H](C)C(=O)O)[C@@H]2CC[C@]1(C[C@@H]1O[C@H](CO)[C@@H](O)[C@H](O[C@@H]2O[C@H](CO)[C@@H](O)[C@H](O)[C@H]2O)[C@H]1O[C@@H]1O[C@H](CO)[C@@H](O)[C@H](O)[C@H]1O)C3. The molecule has 0 unspecified atom stereocenters. The van der Waals surface area contributed by atoms with E-state index in [9.17, 15) is 65.8 Å². The summed E-state index contributed by atoms with van der Waals surface area (Å²) in [6.07, 6.45) is -17.2. The molecular formula is C42H67NO18. The van der Waals surface area contributed by atoms with Crippen LogP contribution in [0, 0.1) is 33.5 Å². The van der Waals surface area contributed by atoms with Crippen molar-refractivity contribution in [3.05, 3.63) is 12.2 Å². The maximum atomic E-state index is 13.9. The molecule has 0 aromatic rings. The zero-order chi connectivity index (χ0) is 44.6. The zero-order valence-electron chi connectivity index (χ0n) is 35.1. The van der Waals surface area contributed by atoms with Gasteiger partial charge < -0.3 is 85.2 Å². The summed E-state index contributed by atoms with van der Waals surface area (Å²) in [5, 5.41) is 119. The fourth-order valence-electron chi connectivity index (χ4n) is 13.2. The van der Waals surface area contributed by atoms with Crippen molar-refractivity contribution in [3.8, 4) is 0 Å². The highest BCUT2D eigenvalue weighted by Gasteiger charge is 2.68. The van der Waals surface area contributed by atoms with Gasteiger partial charge in [0.2, 0.25) is 5.91 Å². The molecule has 7 aliphatic rings. The van der Waals surface area contributed by atoms with Crippen LogP contribution in [0.15, 0.2) is 12.2 Å². The Hall–Kier alpha value is -1.92. The number of aliphatic hydroxyl groups excluding tert-OH is 10. The number of fused-ring (bicyclic) bond motifs is 3. The lowest BCUT2D eigenvalue weighted by Gasteiger charge is -2.64. The number of carboxylic acid groups (broad SMARTS) is 1. The predicted octanol–water partition coefficient (Wildman–Crippen LogP) is -2.20. The fraction of sp³-hybridized carbons (Fsp3) is 0.905. The van der Waals surface area contributed by atoms with Crippen molar-refractivity contribution in [1.82, 2.24) is 5.32 Å². The van der Waals surface area contributed by atoms with Gasteiger partial charge in [-0.1, -0.05) is 32.4 Å². The standard InChI is InChI=1S/C42H67NO18/c1-18-12-42-11-6-24-39(3,8-5-9-40(24,4)38(56)43-19(2)35(54)55)25(42)7-10-41(18,17-42)13-20-33(60-36-31(52)29(50)26(47)21(14-44)58-36)34(28(49)23(16-46)57-20)61-37-32(53)30(51)27(48)22(15-45)59-37/h19-34,36-37,44-53H,1,5-17H2,2-4H3,(H,43,56)(H,54,55)/t19-,20-,21+,22+,23+,24-,25-,26+,27+,28+,29-,30-,31+,32+,33-,34-,36-,37-,39+,40+,41-,42+/m0/s1. The van der Waals surface area contributed by atoms with E-state index in [0.717, 1.165) is 37.7 Å². The summed E-state index contributed by atoms with van der Waals surface area (Å²) in [6, 6.07) is -1.02. The van der Waals surface area contributed by atoms with E-state index in [-0.39, 0.29) is 35.0 Å². The second kappa shape index (κ2) is 17.5. The van der Waals surface area contributed by atoms with Gasteiger partial charge in [0.15, 0.2) is 12.6 Å². The number of carbonyl (C=O) groups excluding carboxylic acids is 1. The van der Waals surface area contributed by atoms with Crippen LogP contribution in [0.1, 0.15) is 85.0 Å². The van der Waals surface area contributed by atoms with Crippen LogP contribution in [0.5, 0.6) is 0 Å². The molecule has 3 aliphatic heterocycles. The molecule has 4 saturated carbocycles. The van der Waals surface area contributed by atoms with Crippen LogP contribution in [0.2, 0.25) is 0 Å². The van der Waals surface area contributed by atoms with Crippen molar-refractivity contribution in [2.24, 2.45) is 33.5 Å². The van der Waals surface area contributed by atoms with Gasteiger partial charge in [-0.05, 0) is 92.8 Å². The molecule has 3 heterocycles. The summed E-state index contributed by atoms with van der Waals surface area (Å²) in [4.78, 5) is 25.6. The molecular weight excluding hydrogens is 806 g/mol. The summed E-state index contributed by atoms with van der Waals surface area (Å²) in [5.41, 5.74) is -0.809. The molecule has 3 saturated heterocycles. The number of hydrogen-bond acceptors (Lipinski definition) is 17. The highest BCUT2D eigenvalue weighted by atomic mass is 16.7. The molecule has 19 heteroatoms. The molecule has 61 heavy (non-hydrogen) atoms. The second-order valence-electron chi connectivity index (χ2n) is 19.8. The summed E-state index contributed by atoms with van der Waals surface area (Å²) in [7, 11) is 0. The normalized spacial score (nSPS) is 51.6. The lowest BCUT2D eigenvalue weighted by atomic mass is 9.40. The Labute approximate surface area is 354 Å². The Morgan fingerprint density at radius 1 is 0.721 bits per heavy atom. The molecule has 2 bridgehead atoms. The monoisotopic (exact) mass is 873 g/mol. The van der Waals surface area contributed by atoms with Crippen molar-refractivity contribution in [3.63, 3.8) is 0 Å². The minimum absolute atomic E-state index is 0.0110. The van der Waals surface area contributed by atoms with E-state index in [1.54, 1.807) is 0 Å². The van der Waals surface area contributed by atoms with Crippen molar-refractivity contribution in [1.29, 1.82) is 0 Å². The third-order valence-electron chi connectivity index (χ3n) is 16.4. The smallest absolute Gasteiger partial charge is 0.325 e. The first-order chi connectivity index (χ1) is 28.7. The van der Waals surface area contributed by atoms with Crippen LogP contribution in [0.3, 0.4) is 0 Å². The number of rotatable bonds is 12. The van der Waals surface area contributed by atoms with Crippen LogP contribution in [0.25, 0.3) is 0 Å². The number of aliphatic hydroxyl groups is 10. The second-order valence-corrected chi connectivity index (χ2v) is 19.8. The molecule has 19 nitrogen and oxygen atoms in total. The highest BCUT2D eigenvalue weighted by molar-refractivity contribution is 5.87. The van der Waals surface area contributed by atoms with Crippen molar-refractivity contribution < 1.29 is 89.4 Å². The molecule has 1 spiro atoms. The van der Waals surface area contributed by atoms with Crippen molar-refractivity contribution >= 4 is 11.9 Å². The summed E-state index contributed by atoms with van der Waals surface area (Å²) in [6.45, 7) is 8.13. The first-order valence-corrected chi connectivity index (χ1v) is 21.8. The number of carboxylic acids is 1. The van der Waals surface area contributed by atoms with E-state index in [4.69, 9.17) is 23.7 Å². The van der Waals surface area contributed by atoms with E-state index in [1.165, 1.54) is 6.92 Å². The summed E-state index contributed by atoms with van der Waals surface area (Å²) >= 11 is 0. The molecule has 0 aromatic heterocycles. The minimum Gasteiger partial charge on any atom is -0.480 e. The number of amides is 1. The molecule has 0 aromatic carbocycles. The maximum absolute atomic E-state index is 13.9. The average molecular weight is 874 g/mol. The van der Waals surface area contributed by atoms with Gasteiger partial charge in [-0.25, -0.2) is 0 Å². The first-order valence-electron chi connectivity index (χ1n) is 21.8. The van der Waals surface area contributed by atoms with Crippen LogP contribution in [0.4, 0.5) is 0 Å². The van der Waals surface area contributed by atoms with E-state index >= 15 is 0 Å². The first kappa shape index (κ1) is 47.1. The van der Waals surface area contributed by atoms with Crippen LogP contribution in [-0.4, -0.2) is 186 Å².